The van der Waals surface area contributed by atoms with Gasteiger partial charge in [0.25, 0.3) is 0 Å². The zero-order valence-electron chi connectivity index (χ0n) is 7.62. The van der Waals surface area contributed by atoms with Crippen molar-refractivity contribution in [2.75, 3.05) is 0 Å². The lowest BCUT2D eigenvalue weighted by Gasteiger charge is -2.29. The van der Waals surface area contributed by atoms with Crippen LogP contribution in [-0.4, -0.2) is 16.6 Å². The fraction of sp³-hybridized carbons (Fsp3) is 0.818. The maximum atomic E-state index is 9.89. The number of aliphatic hydroxyl groups is 1. The lowest BCUT2D eigenvalue weighted by molar-refractivity contribution is 0.108. The molecule has 0 amide bonds. The summed E-state index contributed by atoms with van der Waals surface area (Å²) in [7, 11) is 0. The van der Waals surface area contributed by atoms with E-state index >= 15 is 0 Å². The molecule has 3 aliphatic rings. The minimum absolute atomic E-state index is 0.143. The predicted molar refractivity (Wildman–Crippen MR) is 52.7 cm³/mol. The molecule has 0 aromatic carbocycles. The summed E-state index contributed by atoms with van der Waals surface area (Å²) in [6.07, 6.45) is 8.90. The highest BCUT2D eigenvalue weighted by atomic mass is 35.5. The van der Waals surface area contributed by atoms with E-state index in [1.54, 1.807) is 0 Å². The van der Waals surface area contributed by atoms with E-state index in [1.807, 2.05) is 0 Å². The molecule has 0 aliphatic heterocycles. The summed E-state index contributed by atoms with van der Waals surface area (Å²) in [5.74, 6) is 1.08. The molecule has 2 fully saturated rings. The maximum absolute atomic E-state index is 9.89. The molecule has 1 nitrogen and oxygen atoms in total. The average molecular weight is 199 g/mol. The van der Waals surface area contributed by atoms with Crippen molar-refractivity contribution in [3.8, 4) is 0 Å². The van der Waals surface area contributed by atoms with Gasteiger partial charge in [-0.1, -0.05) is 12.2 Å². The van der Waals surface area contributed by atoms with Gasteiger partial charge in [0.05, 0.1) is 6.10 Å². The van der Waals surface area contributed by atoms with Crippen LogP contribution < -0.4 is 0 Å². The fourth-order valence-corrected chi connectivity index (χ4v) is 4.51. The van der Waals surface area contributed by atoms with Crippen LogP contribution in [0.2, 0.25) is 0 Å². The Balaban J connectivity index is 2.03. The molecular weight excluding hydrogens is 184 g/mol. The number of alkyl halides is 1. The Kier molecular flexibility index (Phi) is 1.61. The third-order valence-corrected chi connectivity index (χ3v) is 4.87. The number of hydrogen-bond acceptors (Lipinski definition) is 1. The van der Waals surface area contributed by atoms with E-state index in [0.29, 0.717) is 11.3 Å². The normalized spacial score (nSPS) is 58.3. The number of rotatable bonds is 0. The van der Waals surface area contributed by atoms with Gasteiger partial charge in [-0.2, -0.15) is 0 Å². The van der Waals surface area contributed by atoms with E-state index in [2.05, 4.69) is 12.2 Å². The molecule has 5 atom stereocenters. The first kappa shape index (κ1) is 8.31. The van der Waals surface area contributed by atoms with Crippen molar-refractivity contribution in [3.05, 3.63) is 12.2 Å². The third kappa shape index (κ3) is 0.875. The van der Waals surface area contributed by atoms with E-state index in [9.17, 15) is 5.11 Å². The number of hydrogen-bond donors (Lipinski definition) is 1. The van der Waals surface area contributed by atoms with Crippen LogP contribution in [0.1, 0.15) is 25.7 Å². The fourth-order valence-electron chi connectivity index (χ4n) is 3.89. The summed E-state index contributed by atoms with van der Waals surface area (Å²) >= 11 is 6.31. The summed E-state index contributed by atoms with van der Waals surface area (Å²) in [5, 5.41) is 10.1. The van der Waals surface area contributed by atoms with Gasteiger partial charge in [-0.3, -0.25) is 0 Å². The zero-order chi connectivity index (χ0) is 9.05. The molecule has 0 heterocycles. The molecule has 0 aromatic rings. The topological polar surface area (TPSA) is 20.2 Å². The summed E-state index contributed by atoms with van der Waals surface area (Å²) in [4.78, 5) is 0. The Hall–Kier alpha value is -0.0100. The molecule has 5 unspecified atom stereocenters. The first-order chi connectivity index (χ1) is 6.24. The molecule has 72 valence electrons. The van der Waals surface area contributed by atoms with Gasteiger partial charge in [-0.05, 0) is 37.0 Å². The van der Waals surface area contributed by atoms with Crippen LogP contribution >= 0.6 is 11.6 Å². The SMILES string of the molecule is OC1CCC23C=CCC2CC(Cl)C13. The molecular formula is C11H15ClO. The van der Waals surface area contributed by atoms with E-state index in [1.165, 1.54) is 6.42 Å². The molecule has 2 saturated carbocycles. The van der Waals surface area contributed by atoms with Gasteiger partial charge < -0.3 is 5.11 Å². The average Bonchev–Trinajstić information content (AvgIpc) is 2.65. The van der Waals surface area contributed by atoms with Crippen LogP contribution in [0.15, 0.2) is 12.2 Å². The van der Waals surface area contributed by atoms with Crippen molar-refractivity contribution in [2.45, 2.75) is 37.2 Å². The minimum atomic E-state index is -0.143. The molecule has 13 heavy (non-hydrogen) atoms. The van der Waals surface area contributed by atoms with Crippen LogP contribution in [0, 0.1) is 17.3 Å². The van der Waals surface area contributed by atoms with Gasteiger partial charge in [0.2, 0.25) is 0 Å². The predicted octanol–water partition coefficient (Wildman–Crippen LogP) is 2.33. The Morgan fingerprint density at radius 2 is 2.31 bits per heavy atom. The van der Waals surface area contributed by atoms with Crippen LogP contribution in [0.4, 0.5) is 0 Å². The van der Waals surface area contributed by atoms with Crippen LogP contribution in [0.25, 0.3) is 0 Å². The van der Waals surface area contributed by atoms with Gasteiger partial charge >= 0.3 is 0 Å². The van der Waals surface area contributed by atoms with Gasteiger partial charge in [0.1, 0.15) is 0 Å². The number of allylic oxidation sites excluding steroid dienone is 2. The Morgan fingerprint density at radius 1 is 1.46 bits per heavy atom. The van der Waals surface area contributed by atoms with Gasteiger partial charge in [-0.15, -0.1) is 11.6 Å². The van der Waals surface area contributed by atoms with Crippen molar-refractivity contribution in [1.82, 2.24) is 0 Å². The van der Waals surface area contributed by atoms with Crippen LogP contribution in [0.3, 0.4) is 0 Å². The number of halogens is 1. The monoisotopic (exact) mass is 198 g/mol. The lowest BCUT2D eigenvalue weighted by atomic mass is 9.76. The smallest absolute Gasteiger partial charge is 0.0591 e. The highest BCUT2D eigenvalue weighted by molar-refractivity contribution is 6.21. The molecule has 0 bridgehead atoms. The third-order valence-electron chi connectivity index (χ3n) is 4.42. The van der Waals surface area contributed by atoms with E-state index < -0.39 is 0 Å². The summed E-state index contributed by atoms with van der Waals surface area (Å²) in [6, 6.07) is 0. The molecule has 3 aliphatic carbocycles. The van der Waals surface area contributed by atoms with Crippen molar-refractivity contribution >= 4 is 11.6 Å². The largest absolute Gasteiger partial charge is 0.393 e. The van der Waals surface area contributed by atoms with Crippen molar-refractivity contribution in [1.29, 1.82) is 0 Å². The van der Waals surface area contributed by atoms with Crippen molar-refractivity contribution in [3.63, 3.8) is 0 Å². The second-order valence-electron chi connectivity index (χ2n) is 4.83. The number of aliphatic hydroxyl groups excluding tert-OH is 1. The van der Waals surface area contributed by atoms with E-state index in [0.717, 1.165) is 25.2 Å². The maximum Gasteiger partial charge on any atom is 0.0591 e. The van der Waals surface area contributed by atoms with Crippen molar-refractivity contribution in [2.24, 2.45) is 17.3 Å². The molecule has 0 radical (unpaired) electrons. The molecule has 2 heteroatoms. The van der Waals surface area contributed by atoms with Crippen LogP contribution in [-0.2, 0) is 0 Å². The molecule has 1 spiro atoms. The first-order valence-electron chi connectivity index (χ1n) is 5.24. The molecule has 1 N–H and O–H groups in total. The zero-order valence-corrected chi connectivity index (χ0v) is 8.37. The van der Waals surface area contributed by atoms with Crippen LogP contribution in [0.5, 0.6) is 0 Å². The standard InChI is InChI=1S/C11H15ClO/c12-8-6-7-2-1-4-11(7)5-3-9(13)10(8)11/h1,4,7-10,13H,2-3,5-6H2. The highest BCUT2D eigenvalue weighted by Crippen LogP contribution is 2.63. The van der Waals surface area contributed by atoms with Gasteiger partial charge in [0.15, 0.2) is 0 Å². The molecule has 3 rings (SSSR count). The highest BCUT2D eigenvalue weighted by Gasteiger charge is 2.59. The Labute approximate surface area is 83.8 Å². The second-order valence-corrected chi connectivity index (χ2v) is 5.39. The van der Waals surface area contributed by atoms with Crippen molar-refractivity contribution < 1.29 is 5.11 Å². The molecule has 0 saturated heterocycles. The van der Waals surface area contributed by atoms with E-state index in [4.69, 9.17) is 11.6 Å². The van der Waals surface area contributed by atoms with E-state index in [-0.39, 0.29) is 11.5 Å². The summed E-state index contributed by atoms with van der Waals surface area (Å²) in [6.45, 7) is 0. The Morgan fingerprint density at radius 3 is 3.15 bits per heavy atom. The second kappa shape index (κ2) is 2.52. The van der Waals surface area contributed by atoms with Gasteiger partial charge in [-0.25, -0.2) is 0 Å². The molecule has 0 aromatic heterocycles. The lowest BCUT2D eigenvalue weighted by Crippen LogP contribution is -2.29. The minimum Gasteiger partial charge on any atom is -0.393 e. The Bertz CT molecular complexity index is 263. The first-order valence-corrected chi connectivity index (χ1v) is 5.67. The summed E-state index contributed by atoms with van der Waals surface area (Å²) in [5.41, 5.74) is 0.297. The summed E-state index contributed by atoms with van der Waals surface area (Å²) < 4.78 is 0. The van der Waals surface area contributed by atoms with Gasteiger partial charge in [0, 0.05) is 11.3 Å². The quantitative estimate of drug-likeness (QED) is 0.468.